The summed E-state index contributed by atoms with van der Waals surface area (Å²) in [6, 6.07) is 6.83. The number of ether oxygens (including phenoxy) is 1. The lowest BCUT2D eigenvalue weighted by Crippen LogP contribution is -2.58. The first-order valence-corrected chi connectivity index (χ1v) is 12.5. The molecule has 0 bridgehead atoms. The maximum absolute atomic E-state index is 13.6. The number of amides is 1. The summed E-state index contributed by atoms with van der Waals surface area (Å²) in [7, 11) is 0. The van der Waals surface area contributed by atoms with Crippen molar-refractivity contribution in [1.29, 1.82) is 0 Å². The summed E-state index contributed by atoms with van der Waals surface area (Å²) in [5.74, 6) is -1.90. The molecule has 202 valence electrons. The lowest BCUT2D eigenvalue weighted by atomic mass is 9.96. The highest BCUT2D eigenvalue weighted by molar-refractivity contribution is 5.88. The zero-order valence-corrected chi connectivity index (χ0v) is 21.0. The van der Waals surface area contributed by atoms with Gasteiger partial charge in [-0.3, -0.25) is 30.2 Å². The number of hydrogen-bond donors (Lipinski definition) is 4. The van der Waals surface area contributed by atoms with Gasteiger partial charge in [-0.2, -0.15) is 0 Å². The molecule has 1 aliphatic heterocycles. The second-order valence-electron chi connectivity index (χ2n) is 9.16. The zero-order valence-electron chi connectivity index (χ0n) is 21.0. The number of benzene rings is 1. The number of rotatable bonds is 13. The monoisotopic (exact) mass is 509 g/mol. The molecule has 1 fully saturated rings. The Bertz CT molecular complexity index is 823. The molecule has 0 saturated carbocycles. The quantitative estimate of drug-likeness (QED) is 0.177. The van der Waals surface area contributed by atoms with Gasteiger partial charge in [-0.15, -0.1) is 0 Å². The van der Waals surface area contributed by atoms with Crippen LogP contribution in [-0.4, -0.2) is 81.0 Å². The first-order valence-electron chi connectivity index (χ1n) is 12.5. The Kier molecular flexibility index (Phi) is 12.8. The molecule has 1 saturated heterocycles. The number of esters is 1. The molecule has 4 N–H and O–H groups in total. The summed E-state index contributed by atoms with van der Waals surface area (Å²) in [5, 5.41) is 29.4. The third-order valence-electron chi connectivity index (χ3n) is 6.36. The van der Waals surface area contributed by atoms with Gasteiger partial charge >= 0.3 is 11.9 Å². The van der Waals surface area contributed by atoms with E-state index in [-0.39, 0.29) is 31.6 Å². The first-order chi connectivity index (χ1) is 17.2. The average Bonchev–Trinajstić information content (AvgIpc) is 2.83. The Labute approximate surface area is 211 Å². The summed E-state index contributed by atoms with van der Waals surface area (Å²) in [6.07, 6.45) is 4.93. The molecule has 4 atom stereocenters. The van der Waals surface area contributed by atoms with Crippen LogP contribution < -0.4 is 5.32 Å². The smallest absolute Gasteiger partial charge is 0.328 e. The fourth-order valence-electron chi connectivity index (χ4n) is 4.45. The van der Waals surface area contributed by atoms with Crippen LogP contribution in [0.15, 0.2) is 30.3 Å². The molecule has 11 nitrogen and oxygen atoms in total. The van der Waals surface area contributed by atoms with Crippen molar-refractivity contribution in [2.45, 2.75) is 89.4 Å². The van der Waals surface area contributed by atoms with E-state index >= 15 is 0 Å². The van der Waals surface area contributed by atoms with Crippen molar-refractivity contribution in [3.8, 4) is 0 Å². The topological polar surface area (TPSA) is 149 Å². The molecule has 1 aromatic rings. The summed E-state index contributed by atoms with van der Waals surface area (Å²) in [5.41, 5.74) is 1.01. The van der Waals surface area contributed by atoms with Crippen LogP contribution in [0.25, 0.3) is 0 Å². The Morgan fingerprint density at radius 3 is 2.47 bits per heavy atom. The second kappa shape index (κ2) is 15.5. The molecule has 0 aromatic heterocycles. The van der Waals surface area contributed by atoms with Gasteiger partial charge in [0.25, 0.3) is 0 Å². The molecule has 1 heterocycles. The molecule has 0 spiro atoms. The Balaban J connectivity index is 2.05. The van der Waals surface area contributed by atoms with Gasteiger partial charge in [0.1, 0.15) is 12.1 Å². The van der Waals surface area contributed by atoms with Crippen molar-refractivity contribution in [3.63, 3.8) is 0 Å². The van der Waals surface area contributed by atoms with E-state index in [0.29, 0.717) is 19.3 Å². The number of nitrogens with zero attached hydrogens (tertiary/aromatic N) is 2. The van der Waals surface area contributed by atoms with Crippen molar-refractivity contribution in [2.75, 3.05) is 13.2 Å². The van der Waals surface area contributed by atoms with Gasteiger partial charge in [0.05, 0.1) is 24.6 Å². The molecular formula is C25H39N3O8. The van der Waals surface area contributed by atoms with Crippen LogP contribution in [0.1, 0.15) is 64.4 Å². The van der Waals surface area contributed by atoms with Crippen LogP contribution in [-0.2, 0) is 30.4 Å². The van der Waals surface area contributed by atoms with Gasteiger partial charge in [-0.05, 0) is 45.1 Å². The second-order valence-corrected chi connectivity index (χ2v) is 9.16. The fourth-order valence-corrected chi connectivity index (χ4v) is 4.45. The molecule has 1 aromatic carbocycles. The van der Waals surface area contributed by atoms with Crippen molar-refractivity contribution >= 4 is 17.8 Å². The van der Waals surface area contributed by atoms with E-state index in [1.807, 2.05) is 37.3 Å². The third-order valence-corrected chi connectivity index (χ3v) is 6.36. The molecule has 1 amide bonds. The van der Waals surface area contributed by atoms with Crippen molar-refractivity contribution in [3.05, 3.63) is 35.9 Å². The maximum atomic E-state index is 13.6. The van der Waals surface area contributed by atoms with E-state index in [1.165, 1.54) is 0 Å². The van der Waals surface area contributed by atoms with E-state index in [1.54, 1.807) is 11.8 Å². The molecule has 4 unspecified atom stereocenters. The number of carboxylic acid groups (broad SMARTS) is 1. The number of carbonyl (C=O) groups is 3. The summed E-state index contributed by atoms with van der Waals surface area (Å²) in [4.78, 5) is 44.4. The molecular weight excluding hydrogens is 470 g/mol. The van der Waals surface area contributed by atoms with E-state index in [0.717, 1.165) is 31.2 Å². The maximum Gasteiger partial charge on any atom is 0.328 e. The predicted molar refractivity (Wildman–Crippen MR) is 129 cm³/mol. The van der Waals surface area contributed by atoms with Gasteiger partial charge in [0.2, 0.25) is 5.91 Å². The number of aliphatic carboxylic acids is 1. The largest absolute Gasteiger partial charge is 0.480 e. The predicted octanol–water partition coefficient (Wildman–Crippen LogP) is 2.55. The third kappa shape index (κ3) is 9.82. The van der Waals surface area contributed by atoms with Gasteiger partial charge in [0.15, 0.2) is 0 Å². The number of carboxylic acids is 1. The minimum atomic E-state index is -1.03. The normalized spacial score (nSPS) is 20.3. The van der Waals surface area contributed by atoms with Gasteiger partial charge in [0, 0.05) is 12.5 Å². The fraction of sp³-hybridized carbons (Fsp3) is 0.640. The molecule has 2 rings (SSSR count). The summed E-state index contributed by atoms with van der Waals surface area (Å²) < 4.78 is 5.37. The number of likely N-dealkylation sites (tertiary alicyclic amines) is 1. The molecule has 11 heteroatoms. The van der Waals surface area contributed by atoms with Crippen LogP contribution in [0, 0.1) is 0 Å². The van der Waals surface area contributed by atoms with Crippen LogP contribution in [0.4, 0.5) is 0 Å². The van der Waals surface area contributed by atoms with E-state index in [9.17, 15) is 19.5 Å². The molecule has 1 aliphatic rings. The summed E-state index contributed by atoms with van der Waals surface area (Å²) >= 11 is 0. The summed E-state index contributed by atoms with van der Waals surface area (Å²) in [6.45, 7) is 3.45. The SMILES string of the molecule is CC(NC(CCc1ccccc1)C(=O)O)C(=O)N1C(C)CCCCCC1C(=O)OCCCON(O)O. The van der Waals surface area contributed by atoms with Crippen LogP contribution in [0.2, 0.25) is 0 Å². The number of carbonyl (C=O) groups excluding carboxylic acids is 2. The number of nitrogens with one attached hydrogen (secondary N) is 1. The minimum absolute atomic E-state index is 0.00599. The minimum Gasteiger partial charge on any atom is -0.480 e. The first kappa shape index (κ1) is 29.7. The lowest BCUT2D eigenvalue weighted by molar-refractivity contribution is -0.492. The Morgan fingerprint density at radius 1 is 1.11 bits per heavy atom. The lowest BCUT2D eigenvalue weighted by Gasteiger charge is -2.39. The Morgan fingerprint density at radius 2 is 1.81 bits per heavy atom. The zero-order chi connectivity index (χ0) is 26.5. The van der Waals surface area contributed by atoms with Crippen LogP contribution >= 0.6 is 0 Å². The van der Waals surface area contributed by atoms with Gasteiger partial charge in [-0.1, -0.05) is 49.6 Å². The van der Waals surface area contributed by atoms with Crippen LogP contribution in [0.3, 0.4) is 0 Å². The Hall–Kier alpha value is -2.57. The molecule has 0 radical (unpaired) electrons. The van der Waals surface area contributed by atoms with Gasteiger partial charge < -0.3 is 14.7 Å². The van der Waals surface area contributed by atoms with Crippen molar-refractivity contribution in [2.24, 2.45) is 0 Å². The standard InChI is InChI=1S/C25H39N3O8/c1-18-10-5-3-8-13-22(25(32)35-16-9-17-36-28(33)34)27(18)23(29)19(2)26-21(24(30)31)15-14-20-11-6-4-7-12-20/h4,6-7,11-12,18-19,21-22,26,33-34H,3,5,8-10,13-17H2,1-2H3,(H,30,31). The molecule has 36 heavy (non-hydrogen) atoms. The average molecular weight is 510 g/mol. The highest BCUT2D eigenvalue weighted by Gasteiger charge is 2.37. The van der Waals surface area contributed by atoms with E-state index < -0.39 is 35.5 Å². The van der Waals surface area contributed by atoms with Crippen molar-refractivity contribution < 1.29 is 39.5 Å². The highest BCUT2D eigenvalue weighted by Crippen LogP contribution is 2.24. The van der Waals surface area contributed by atoms with Crippen molar-refractivity contribution in [1.82, 2.24) is 15.6 Å². The highest BCUT2D eigenvalue weighted by atomic mass is 17.1. The van der Waals surface area contributed by atoms with Crippen LogP contribution in [0.5, 0.6) is 0 Å². The molecule has 0 aliphatic carbocycles. The van der Waals surface area contributed by atoms with E-state index in [2.05, 4.69) is 10.2 Å². The van der Waals surface area contributed by atoms with E-state index in [4.69, 9.17) is 15.2 Å². The number of hydrogen-bond acceptors (Lipinski definition) is 9. The van der Waals surface area contributed by atoms with Gasteiger partial charge in [-0.25, -0.2) is 4.79 Å². The number of aryl methyl sites for hydroxylation is 1.